The van der Waals surface area contributed by atoms with Gasteiger partial charge in [0.2, 0.25) is 11.9 Å². The van der Waals surface area contributed by atoms with E-state index in [1.807, 2.05) is 0 Å². The third-order valence-electron chi connectivity index (χ3n) is 2.68. The van der Waals surface area contributed by atoms with Crippen molar-refractivity contribution in [1.29, 1.82) is 0 Å². The number of carbonyl (C=O) groups excluding carboxylic acids is 1. The lowest BCUT2D eigenvalue weighted by atomic mass is 9.77. The lowest BCUT2D eigenvalue weighted by Gasteiger charge is -2.27. The SMILES string of the molecule is CC1(C)CCc2onc(N=C=O)c2C1. The minimum Gasteiger partial charge on any atom is -0.359 e. The van der Waals surface area contributed by atoms with Crippen LogP contribution < -0.4 is 0 Å². The Morgan fingerprint density at radius 1 is 1.57 bits per heavy atom. The molecule has 1 aliphatic rings. The first-order valence-corrected chi connectivity index (χ1v) is 4.68. The number of hydrogen-bond donors (Lipinski definition) is 0. The monoisotopic (exact) mass is 192 g/mol. The Hall–Kier alpha value is -1.41. The van der Waals surface area contributed by atoms with Gasteiger partial charge in [0.05, 0.1) is 0 Å². The van der Waals surface area contributed by atoms with E-state index in [-0.39, 0.29) is 5.41 Å². The molecule has 4 heteroatoms. The zero-order chi connectivity index (χ0) is 10.2. The van der Waals surface area contributed by atoms with Gasteiger partial charge < -0.3 is 4.52 Å². The number of aromatic nitrogens is 1. The highest BCUT2D eigenvalue weighted by Gasteiger charge is 2.30. The molecule has 0 radical (unpaired) electrons. The topological polar surface area (TPSA) is 55.5 Å². The third kappa shape index (κ3) is 1.49. The number of nitrogens with zero attached hydrogens (tertiary/aromatic N) is 2. The molecule has 4 nitrogen and oxygen atoms in total. The maximum absolute atomic E-state index is 10.1. The summed E-state index contributed by atoms with van der Waals surface area (Å²) >= 11 is 0. The summed E-state index contributed by atoms with van der Waals surface area (Å²) in [6.45, 7) is 4.38. The molecule has 0 fully saturated rings. The Morgan fingerprint density at radius 2 is 2.36 bits per heavy atom. The normalized spacial score (nSPS) is 18.4. The van der Waals surface area contributed by atoms with Crippen molar-refractivity contribution >= 4 is 11.9 Å². The first-order valence-electron chi connectivity index (χ1n) is 4.68. The van der Waals surface area contributed by atoms with Crippen LogP contribution in [-0.4, -0.2) is 11.2 Å². The summed E-state index contributed by atoms with van der Waals surface area (Å²) < 4.78 is 5.11. The minimum absolute atomic E-state index is 0.242. The van der Waals surface area contributed by atoms with E-state index in [0.29, 0.717) is 5.82 Å². The van der Waals surface area contributed by atoms with Crippen LogP contribution in [0.3, 0.4) is 0 Å². The lowest BCUT2D eigenvalue weighted by Crippen LogP contribution is -2.21. The molecule has 0 unspecified atom stereocenters. The van der Waals surface area contributed by atoms with Gasteiger partial charge in [-0.3, -0.25) is 0 Å². The van der Waals surface area contributed by atoms with E-state index >= 15 is 0 Å². The zero-order valence-corrected chi connectivity index (χ0v) is 8.33. The molecule has 0 aromatic carbocycles. The van der Waals surface area contributed by atoms with Crippen molar-refractivity contribution in [3.05, 3.63) is 11.3 Å². The van der Waals surface area contributed by atoms with Crippen molar-refractivity contribution in [3.63, 3.8) is 0 Å². The van der Waals surface area contributed by atoms with Crippen LogP contribution in [0.25, 0.3) is 0 Å². The van der Waals surface area contributed by atoms with Crippen LogP contribution in [0, 0.1) is 5.41 Å². The molecule has 1 heterocycles. The molecule has 0 atom stereocenters. The van der Waals surface area contributed by atoms with E-state index in [1.54, 1.807) is 0 Å². The lowest BCUT2D eigenvalue weighted by molar-refractivity contribution is 0.282. The summed E-state index contributed by atoms with van der Waals surface area (Å²) in [5, 5.41) is 3.75. The Bertz CT molecular complexity index is 400. The van der Waals surface area contributed by atoms with E-state index < -0.39 is 0 Å². The van der Waals surface area contributed by atoms with Gasteiger partial charge in [-0.15, -0.1) is 4.99 Å². The van der Waals surface area contributed by atoms with E-state index in [2.05, 4.69) is 24.0 Å². The molecule has 0 amide bonds. The van der Waals surface area contributed by atoms with Gasteiger partial charge in [-0.2, -0.15) is 0 Å². The molecule has 0 spiro atoms. The fourth-order valence-corrected chi connectivity index (χ4v) is 1.86. The molecule has 0 N–H and O–H groups in total. The summed E-state index contributed by atoms with van der Waals surface area (Å²) in [6, 6.07) is 0. The number of fused-ring (bicyclic) bond motifs is 1. The smallest absolute Gasteiger partial charge is 0.242 e. The number of aryl methyl sites for hydroxylation is 1. The molecule has 0 saturated heterocycles. The molecule has 0 aliphatic heterocycles. The summed E-state index contributed by atoms with van der Waals surface area (Å²) in [6.07, 6.45) is 4.33. The van der Waals surface area contributed by atoms with Crippen LogP contribution in [0.15, 0.2) is 9.52 Å². The highest BCUT2D eigenvalue weighted by molar-refractivity contribution is 5.50. The third-order valence-corrected chi connectivity index (χ3v) is 2.68. The quantitative estimate of drug-likeness (QED) is 0.506. The van der Waals surface area contributed by atoms with Gasteiger partial charge in [-0.25, -0.2) is 4.79 Å². The molecule has 1 aliphatic carbocycles. The number of isocyanates is 1. The van der Waals surface area contributed by atoms with E-state index in [9.17, 15) is 4.79 Å². The van der Waals surface area contributed by atoms with Crippen LogP contribution in [0.5, 0.6) is 0 Å². The van der Waals surface area contributed by atoms with E-state index in [4.69, 9.17) is 4.52 Å². The molecule has 1 aromatic heterocycles. The Morgan fingerprint density at radius 3 is 3.07 bits per heavy atom. The molecule has 1 aromatic rings. The van der Waals surface area contributed by atoms with Gasteiger partial charge in [0, 0.05) is 12.0 Å². The second-order valence-corrected chi connectivity index (χ2v) is 4.45. The fraction of sp³-hybridized carbons (Fsp3) is 0.600. The number of aliphatic imine (C=N–C) groups is 1. The Balaban J connectivity index is 2.42. The Labute approximate surface area is 82.0 Å². The summed E-state index contributed by atoms with van der Waals surface area (Å²) in [4.78, 5) is 13.7. The number of hydrogen-bond acceptors (Lipinski definition) is 4. The molecule has 0 bridgehead atoms. The van der Waals surface area contributed by atoms with E-state index in [0.717, 1.165) is 30.6 Å². The van der Waals surface area contributed by atoms with Gasteiger partial charge in [0.15, 0.2) is 0 Å². The van der Waals surface area contributed by atoms with Crippen molar-refractivity contribution in [1.82, 2.24) is 5.16 Å². The predicted molar refractivity (Wildman–Crippen MR) is 50.1 cm³/mol. The second-order valence-electron chi connectivity index (χ2n) is 4.45. The van der Waals surface area contributed by atoms with Crippen molar-refractivity contribution in [2.45, 2.75) is 33.1 Å². The molecule has 14 heavy (non-hydrogen) atoms. The highest BCUT2D eigenvalue weighted by Crippen LogP contribution is 2.38. The largest absolute Gasteiger partial charge is 0.359 e. The molecular formula is C10H12N2O2. The minimum atomic E-state index is 0.242. The van der Waals surface area contributed by atoms with Gasteiger partial charge >= 0.3 is 0 Å². The zero-order valence-electron chi connectivity index (χ0n) is 8.33. The van der Waals surface area contributed by atoms with Crippen molar-refractivity contribution in [3.8, 4) is 0 Å². The van der Waals surface area contributed by atoms with Crippen LogP contribution >= 0.6 is 0 Å². The molecular weight excluding hydrogens is 180 g/mol. The second kappa shape index (κ2) is 3.07. The van der Waals surface area contributed by atoms with Crippen molar-refractivity contribution in [2.75, 3.05) is 0 Å². The van der Waals surface area contributed by atoms with Crippen molar-refractivity contribution in [2.24, 2.45) is 10.4 Å². The predicted octanol–water partition coefficient (Wildman–Crippen LogP) is 2.16. The molecule has 0 saturated carbocycles. The maximum atomic E-state index is 10.1. The number of rotatable bonds is 1. The van der Waals surface area contributed by atoms with Gasteiger partial charge in [0.25, 0.3) is 0 Å². The highest BCUT2D eigenvalue weighted by atomic mass is 16.5. The van der Waals surface area contributed by atoms with Gasteiger partial charge in [0.1, 0.15) is 5.76 Å². The van der Waals surface area contributed by atoms with Crippen LogP contribution in [0.2, 0.25) is 0 Å². The van der Waals surface area contributed by atoms with Crippen LogP contribution in [0.1, 0.15) is 31.6 Å². The van der Waals surface area contributed by atoms with Gasteiger partial charge in [-0.05, 0) is 18.3 Å². The maximum Gasteiger partial charge on any atom is 0.242 e. The summed E-state index contributed by atoms with van der Waals surface area (Å²) in [5.74, 6) is 1.28. The van der Waals surface area contributed by atoms with Gasteiger partial charge in [-0.1, -0.05) is 19.0 Å². The average Bonchev–Trinajstić information content (AvgIpc) is 2.47. The first kappa shape index (κ1) is 9.16. The van der Waals surface area contributed by atoms with Crippen LogP contribution in [-0.2, 0) is 17.6 Å². The van der Waals surface area contributed by atoms with E-state index in [1.165, 1.54) is 6.08 Å². The van der Waals surface area contributed by atoms with Crippen LogP contribution in [0.4, 0.5) is 5.82 Å². The average molecular weight is 192 g/mol. The van der Waals surface area contributed by atoms with Crippen molar-refractivity contribution < 1.29 is 9.32 Å². The molecule has 2 rings (SSSR count). The summed E-state index contributed by atoms with van der Waals surface area (Å²) in [7, 11) is 0. The fourth-order valence-electron chi connectivity index (χ4n) is 1.86. The molecule has 74 valence electrons. The summed E-state index contributed by atoms with van der Waals surface area (Å²) in [5.41, 5.74) is 1.22. The Kier molecular flexibility index (Phi) is 2.01. The standard InChI is InChI=1S/C10H12N2O2/c1-10(2)4-3-8-7(5-10)9(11-6-13)12-14-8/h3-5H2,1-2H3. The first-order chi connectivity index (χ1) is 6.62.